The number of benzene rings is 3. The lowest BCUT2D eigenvalue weighted by Crippen LogP contribution is -2.36. The molecule has 0 unspecified atom stereocenters. The lowest BCUT2D eigenvalue weighted by Gasteiger charge is -2.30. The van der Waals surface area contributed by atoms with Crippen molar-refractivity contribution in [3.05, 3.63) is 106 Å². The van der Waals surface area contributed by atoms with Crippen LogP contribution in [0.1, 0.15) is 38.2 Å². The van der Waals surface area contributed by atoms with Gasteiger partial charge in [-0.25, -0.2) is 5.48 Å². The van der Waals surface area contributed by atoms with Crippen LogP contribution in [0.2, 0.25) is 0 Å². The second kappa shape index (κ2) is 8.98. The molecule has 0 aliphatic carbocycles. The van der Waals surface area contributed by atoms with Crippen molar-refractivity contribution < 1.29 is 14.8 Å². The van der Waals surface area contributed by atoms with Crippen LogP contribution in [-0.2, 0) is 17.8 Å². The number of carbonyl (C=O) groups is 2. The molecule has 5 nitrogen and oxygen atoms in total. The van der Waals surface area contributed by atoms with Crippen LogP contribution < -0.4 is 5.48 Å². The van der Waals surface area contributed by atoms with Crippen molar-refractivity contribution in [2.75, 3.05) is 6.54 Å². The van der Waals surface area contributed by atoms with Crippen LogP contribution in [0.3, 0.4) is 0 Å². The largest absolute Gasteiger partial charge is 0.334 e. The summed E-state index contributed by atoms with van der Waals surface area (Å²) < 4.78 is 0. The van der Waals surface area contributed by atoms with Gasteiger partial charge in [-0.3, -0.25) is 14.8 Å². The van der Waals surface area contributed by atoms with Gasteiger partial charge in [0.2, 0.25) is 0 Å². The molecule has 0 spiro atoms. The molecule has 1 heterocycles. The zero-order chi connectivity index (χ0) is 21.8. The van der Waals surface area contributed by atoms with Crippen molar-refractivity contribution >= 4 is 23.5 Å². The molecule has 0 saturated heterocycles. The van der Waals surface area contributed by atoms with E-state index in [1.165, 1.54) is 0 Å². The van der Waals surface area contributed by atoms with Gasteiger partial charge in [0.25, 0.3) is 11.8 Å². The average Bonchev–Trinajstić information content (AvgIpc) is 2.81. The second-order valence-corrected chi connectivity index (χ2v) is 7.74. The van der Waals surface area contributed by atoms with Crippen molar-refractivity contribution in [2.24, 2.45) is 0 Å². The highest BCUT2D eigenvalue weighted by molar-refractivity contribution is 6.24. The molecule has 31 heavy (non-hydrogen) atoms. The highest BCUT2D eigenvalue weighted by Gasteiger charge is 2.25. The molecule has 156 valence electrons. The summed E-state index contributed by atoms with van der Waals surface area (Å²) in [5.41, 5.74) is 7.65. The smallest absolute Gasteiger partial charge is 0.274 e. The Labute approximate surface area is 181 Å². The molecule has 3 aromatic carbocycles. The van der Waals surface area contributed by atoms with E-state index in [0.29, 0.717) is 30.6 Å². The maximum absolute atomic E-state index is 13.6. The minimum atomic E-state index is -0.560. The molecule has 1 aliphatic rings. The monoisotopic (exact) mass is 412 g/mol. The number of hydrogen-bond acceptors (Lipinski definition) is 3. The molecule has 2 N–H and O–H groups in total. The molecule has 4 rings (SSSR count). The van der Waals surface area contributed by atoms with Crippen molar-refractivity contribution in [3.63, 3.8) is 0 Å². The number of fused-ring (bicyclic) bond motifs is 1. The first-order chi connectivity index (χ1) is 15.0. The molecule has 5 heteroatoms. The Balaban J connectivity index is 1.68. The Morgan fingerprint density at radius 3 is 2.48 bits per heavy atom. The first-order valence-electron chi connectivity index (χ1n) is 10.2. The topological polar surface area (TPSA) is 69.6 Å². The molecule has 0 aromatic heterocycles. The van der Waals surface area contributed by atoms with Gasteiger partial charge in [0.05, 0.1) is 0 Å². The molecule has 0 bridgehead atoms. The quantitative estimate of drug-likeness (QED) is 0.291. The normalized spacial score (nSPS) is 13.5. The summed E-state index contributed by atoms with van der Waals surface area (Å²) in [7, 11) is 0. The fourth-order valence-corrected chi connectivity index (χ4v) is 3.90. The van der Waals surface area contributed by atoms with Crippen molar-refractivity contribution in [1.29, 1.82) is 0 Å². The summed E-state index contributed by atoms with van der Waals surface area (Å²) in [5.74, 6) is -0.604. The summed E-state index contributed by atoms with van der Waals surface area (Å²) >= 11 is 0. The number of rotatable bonds is 4. The molecule has 0 saturated carbocycles. The van der Waals surface area contributed by atoms with E-state index < -0.39 is 5.91 Å². The third-order valence-electron chi connectivity index (χ3n) is 5.54. The van der Waals surface area contributed by atoms with Crippen LogP contribution in [-0.4, -0.2) is 28.5 Å². The molecule has 0 radical (unpaired) electrons. The molecule has 2 amide bonds. The van der Waals surface area contributed by atoms with E-state index in [1.807, 2.05) is 78.6 Å². The summed E-state index contributed by atoms with van der Waals surface area (Å²) in [4.78, 5) is 27.2. The van der Waals surface area contributed by atoms with Crippen LogP contribution in [0.4, 0.5) is 0 Å². The van der Waals surface area contributed by atoms with Gasteiger partial charge < -0.3 is 4.90 Å². The van der Waals surface area contributed by atoms with Gasteiger partial charge in [-0.2, -0.15) is 0 Å². The molecule has 0 fully saturated rings. The Morgan fingerprint density at radius 2 is 1.74 bits per heavy atom. The third-order valence-corrected chi connectivity index (χ3v) is 5.54. The fourth-order valence-electron chi connectivity index (χ4n) is 3.90. The highest BCUT2D eigenvalue weighted by atomic mass is 16.5. The fraction of sp³-hybridized carbons (Fsp3) is 0.154. The van der Waals surface area contributed by atoms with Crippen molar-refractivity contribution in [2.45, 2.75) is 19.9 Å². The molecular weight excluding hydrogens is 388 g/mol. The van der Waals surface area contributed by atoms with Gasteiger partial charge >= 0.3 is 0 Å². The van der Waals surface area contributed by atoms with E-state index in [-0.39, 0.29) is 5.91 Å². The van der Waals surface area contributed by atoms with Gasteiger partial charge in [0.1, 0.15) is 0 Å². The molecule has 3 aromatic rings. The van der Waals surface area contributed by atoms with Gasteiger partial charge in [-0.1, -0.05) is 66.2 Å². The van der Waals surface area contributed by atoms with Crippen LogP contribution >= 0.6 is 0 Å². The van der Waals surface area contributed by atoms with Crippen molar-refractivity contribution in [1.82, 2.24) is 10.4 Å². The minimum Gasteiger partial charge on any atom is -0.334 e. The average molecular weight is 412 g/mol. The SMILES string of the molecule is Cc1cccc(/C(=C\c2ccccc2)C(=O)N2CCc3ccc(C(=O)NO)cc3C2)c1. The lowest BCUT2D eigenvalue weighted by molar-refractivity contribution is -0.125. The van der Waals surface area contributed by atoms with Crippen LogP contribution in [0.25, 0.3) is 11.6 Å². The summed E-state index contributed by atoms with van der Waals surface area (Å²) in [5, 5.41) is 8.92. The van der Waals surface area contributed by atoms with E-state index in [2.05, 4.69) is 0 Å². The maximum atomic E-state index is 13.6. The first-order valence-corrected chi connectivity index (χ1v) is 10.2. The lowest BCUT2D eigenvalue weighted by atomic mass is 9.95. The van der Waals surface area contributed by atoms with Crippen LogP contribution in [0, 0.1) is 6.92 Å². The zero-order valence-corrected chi connectivity index (χ0v) is 17.3. The van der Waals surface area contributed by atoms with Gasteiger partial charge in [0.15, 0.2) is 0 Å². The van der Waals surface area contributed by atoms with Gasteiger partial charge in [-0.05, 0) is 53.8 Å². The summed E-state index contributed by atoms with van der Waals surface area (Å²) in [6, 6.07) is 23.1. The van der Waals surface area contributed by atoms with Crippen molar-refractivity contribution in [3.8, 4) is 0 Å². The number of nitrogens with zero attached hydrogens (tertiary/aromatic N) is 1. The number of hydrogen-bond donors (Lipinski definition) is 2. The second-order valence-electron chi connectivity index (χ2n) is 7.74. The van der Waals surface area contributed by atoms with E-state index >= 15 is 0 Å². The van der Waals surface area contributed by atoms with E-state index in [0.717, 1.165) is 27.8 Å². The summed E-state index contributed by atoms with van der Waals surface area (Å²) in [6.45, 7) is 3.03. The standard InChI is InChI=1S/C26H24N2O3/c1-18-6-5-9-21(14-18)24(15-19-7-3-2-4-8-19)26(30)28-13-12-20-10-11-22(25(29)27-31)16-23(20)17-28/h2-11,14-16,31H,12-13,17H2,1H3,(H,27,29)/b24-15+. The first kappa shape index (κ1) is 20.6. The number of amides is 2. The Kier molecular flexibility index (Phi) is 5.96. The molecule has 1 aliphatic heterocycles. The highest BCUT2D eigenvalue weighted by Crippen LogP contribution is 2.26. The van der Waals surface area contributed by atoms with Gasteiger partial charge in [-0.15, -0.1) is 0 Å². The maximum Gasteiger partial charge on any atom is 0.274 e. The predicted octanol–water partition coefficient (Wildman–Crippen LogP) is 4.24. The Morgan fingerprint density at radius 1 is 0.935 bits per heavy atom. The number of hydroxylamine groups is 1. The number of nitrogens with one attached hydrogen (secondary N) is 1. The Hall–Kier alpha value is -3.70. The molecular formula is C26H24N2O3. The Bertz CT molecular complexity index is 1150. The van der Waals surface area contributed by atoms with E-state index in [4.69, 9.17) is 5.21 Å². The number of carbonyl (C=O) groups excluding carboxylic acids is 2. The van der Waals surface area contributed by atoms with E-state index in [9.17, 15) is 9.59 Å². The van der Waals surface area contributed by atoms with Gasteiger partial charge in [0, 0.05) is 24.2 Å². The molecule has 0 atom stereocenters. The summed E-state index contributed by atoms with van der Waals surface area (Å²) in [6.07, 6.45) is 2.65. The predicted molar refractivity (Wildman–Crippen MR) is 120 cm³/mol. The number of aryl methyl sites for hydroxylation is 1. The van der Waals surface area contributed by atoms with Crippen LogP contribution in [0.5, 0.6) is 0 Å². The minimum absolute atomic E-state index is 0.0443. The third kappa shape index (κ3) is 4.57. The zero-order valence-electron chi connectivity index (χ0n) is 17.3. The van der Waals surface area contributed by atoms with Crippen LogP contribution in [0.15, 0.2) is 72.8 Å². The van der Waals surface area contributed by atoms with E-state index in [1.54, 1.807) is 17.6 Å².